The van der Waals surface area contributed by atoms with Crippen LogP contribution in [0.15, 0.2) is 72.9 Å². The van der Waals surface area contributed by atoms with Crippen LogP contribution in [0.25, 0.3) is 5.82 Å². The van der Waals surface area contributed by atoms with Crippen LogP contribution in [0.2, 0.25) is 0 Å². The van der Waals surface area contributed by atoms with E-state index in [1.54, 1.807) is 53.6 Å². The highest BCUT2D eigenvalue weighted by atomic mass is 32.1. The van der Waals surface area contributed by atoms with Crippen LogP contribution in [0, 0.1) is 0 Å². The average molecular weight is 378 g/mol. The molecular formula is C18H14N6O2S. The van der Waals surface area contributed by atoms with E-state index < -0.39 is 0 Å². The highest BCUT2D eigenvalue weighted by Gasteiger charge is 2.06. The van der Waals surface area contributed by atoms with Gasteiger partial charge in [-0.15, -0.1) is 11.3 Å². The third kappa shape index (κ3) is 4.28. The molecule has 2 amide bonds. The van der Waals surface area contributed by atoms with Crippen LogP contribution in [0.1, 0.15) is 0 Å². The number of imidazole rings is 1. The largest absolute Gasteiger partial charge is 0.439 e. The quantitative estimate of drug-likeness (QED) is 0.544. The Morgan fingerprint density at radius 2 is 2.00 bits per heavy atom. The van der Waals surface area contributed by atoms with Gasteiger partial charge in [0.15, 0.2) is 0 Å². The molecule has 3 aromatic heterocycles. The van der Waals surface area contributed by atoms with Crippen LogP contribution in [-0.4, -0.2) is 25.6 Å². The van der Waals surface area contributed by atoms with E-state index in [1.165, 1.54) is 17.7 Å². The summed E-state index contributed by atoms with van der Waals surface area (Å²) in [6.07, 6.45) is 6.53. The minimum Gasteiger partial charge on any atom is -0.439 e. The molecule has 9 heteroatoms. The predicted molar refractivity (Wildman–Crippen MR) is 103 cm³/mol. The molecule has 0 aliphatic carbocycles. The lowest BCUT2D eigenvalue weighted by molar-refractivity contribution is 0.262. The molecule has 1 aromatic carbocycles. The van der Waals surface area contributed by atoms with Gasteiger partial charge in [0, 0.05) is 24.1 Å². The molecule has 0 aliphatic rings. The Balaban J connectivity index is 1.39. The van der Waals surface area contributed by atoms with Crippen molar-refractivity contribution in [1.82, 2.24) is 19.5 Å². The summed E-state index contributed by atoms with van der Waals surface area (Å²) >= 11 is 1.46. The Morgan fingerprint density at radius 1 is 1.11 bits per heavy atom. The van der Waals surface area contributed by atoms with Gasteiger partial charge in [-0.2, -0.15) is 0 Å². The van der Waals surface area contributed by atoms with Gasteiger partial charge in [0.25, 0.3) is 0 Å². The van der Waals surface area contributed by atoms with Crippen LogP contribution >= 0.6 is 11.3 Å². The molecule has 4 rings (SSSR count). The van der Waals surface area contributed by atoms with Gasteiger partial charge in [0.2, 0.25) is 5.88 Å². The third-order valence-corrected chi connectivity index (χ3v) is 4.27. The normalized spacial score (nSPS) is 10.4. The lowest BCUT2D eigenvalue weighted by Gasteiger charge is -2.08. The number of benzene rings is 1. The van der Waals surface area contributed by atoms with Crippen molar-refractivity contribution in [1.29, 1.82) is 0 Å². The fourth-order valence-corrected chi connectivity index (χ4v) is 2.89. The lowest BCUT2D eigenvalue weighted by atomic mass is 10.3. The molecule has 8 nitrogen and oxygen atoms in total. The van der Waals surface area contributed by atoms with Gasteiger partial charge in [-0.05, 0) is 41.8 Å². The van der Waals surface area contributed by atoms with E-state index in [0.717, 1.165) is 5.00 Å². The van der Waals surface area contributed by atoms with Crippen molar-refractivity contribution in [3.8, 4) is 17.4 Å². The van der Waals surface area contributed by atoms with Crippen LogP contribution in [-0.2, 0) is 0 Å². The Bertz CT molecular complexity index is 1020. The summed E-state index contributed by atoms with van der Waals surface area (Å²) in [4.78, 5) is 24.2. The van der Waals surface area contributed by atoms with E-state index in [1.807, 2.05) is 17.5 Å². The summed E-state index contributed by atoms with van der Waals surface area (Å²) in [7, 11) is 0. The maximum absolute atomic E-state index is 11.9. The van der Waals surface area contributed by atoms with Crippen molar-refractivity contribution in [2.45, 2.75) is 0 Å². The summed E-state index contributed by atoms with van der Waals surface area (Å²) in [5.41, 5.74) is 0.651. The zero-order valence-electron chi connectivity index (χ0n) is 13.9. The second-order valence-electron chi connectivity index (χ2n) is 5.37. The number of carbonyl (C=O) groups excluding carboxylic acids is 1. The third-order valence-electron chi connectivity index (χ3n) is 3.49. The van der Waals surface area contributed by atoms with Gasteiger partial charge >= 0.3 is 6.03 Å². The number of hydrogen-bond acceptors (Lipinski definition) is 6. The maximum atomic E-state index is 11.9. The highest BCUT2D eigenvalue weighted by molar-refractivity contribution is 7.14. The smallest absolute Gasteiger partial charge is 0.324 e. The van der Waals surface area contributed by atoms with E-state index in [-0.39, 0.29) is 6.03 Å². The number of hydrogen-bond donors (Lipinski definition) is 2. The number of nitrogens with zero attached hydrogens (tertiary/aromatic N) is 4. The number of urea groups is 1. The average Bonchev–Trinajstić information content (AvgIpc) is 3.37. The van der Waals surface area contributed by atoms with Crippen LogP contribution in [0.3, 0.4) is 0 Å². The van der Waals surface area contributed by atoms with E-state index >= 15 is 0 Å². The number of amides is 2. The highest BCUT2D eigenvalue weighted by Crippen LogP contribution is 2.22. The second-order valence-corrected chi connectivity index (χ2v) is 6.31. The van der Waals surface area contributed by atoms with Gasteiger partial charge < -0.3 is 10.1 Å². The second kappa shape index (κ2) is 7.67. The standard InChI is InChI=1S/C18H14N6O2S/c25-18(23-17-2-1-9-27-17)22-13-3-5-14(6-4-13)26-16-10-15(20-11-21-16)24-8-7-19-12-24/h1-12H,(H2,22,23,25). The molecule has 2 N–H and O–H groups in total. The summed E-state index contributed by atoms with van der Waals surface area (Å²) < 4.78 is 7.51. The van der Waals surface area contributed by atoms with Crippen molar-refractivity contribution in [3.63, 3.8) is 0 Å². The molecule has 0 saturated heterocycles. The van der Waals surface area contributed by atoms with Crippen molar-refractivity contribution in [2.24, 2.45) is 0 Å². The molecule has 0 spiro atoms. The fourth-order valence-electron chi connectivity index (χ4n) is 2.27. The molecule has 0 fully saturated rings. The van der Waals surface area contributed by atoms with E-state index in [4.69, 9.17) is 4.74 Å². The Hall–Kier alpha value is -3.72. The molecule has 0 bridgehead atoms. The van der Waals surface area contributed by atoms with Gasteiger partial charge in [0.1, 0.15) is 24.2 Å². The topological polar surface area (TPSA) is 94.0 Å². The number of ether oxygens (including phenoxy) is 1. The van der Waals surface area contributed by atoms with E-state index in [2.05, 4.69) is 25.6 Å². The molecule has 4 aromatic rings. The van der Waals surface area contributed by atoms with Gasteiger partial charge in [-0.1, -0.05) is 0 Å². The summed E-state index contributed by atoms with van der Waals surface area (Å²) in [6, 6.07) is 12.1. The number of anilines is 2. The molecule has 0 unspecified atom stereocenters. The van der Waals surface area contributed by atoms with Crippen LogP contribution in [0.5, 0.6) is 11.6 Å². The molecule has 0 aliphatic heterocycles. The van der Waals surface area contributed by atoms with Crippen LogP contribution < -0.4 is 15.4 Å². The summed E-state index contributed by atoms with van der Waals surface area (Å²) in [5, 5.41) is 8.20. The molecule has 134 valence electrons. The Labute approximate surface area is 158 Å². The van der Waals surface area contributed by atoms with Gasteiger partial charge in [-0.3, -0.25) is 9.88 Å². The van der Waals surface area contributed by atoms with Crippen molar-refractivity contribution in [2.75, 3.05) is 10.6 Å². The minimum atomic E-state index is -0.299. The van der Waals surface area contributed by atoms with Crippen molar-refractivity contribution < 1.29 is 9.53 Å². The van der Waals surface area contributed by atoms with Gasteiger partial charge in [-0.25, -0.2) is 19.7 Å². The monoisotopic (exact) mass is 378 g/mol. The predicted octanol–water partition coefficient (Wildman–Crippen LogP) is 4.16. The van der Waals surface area contributed by atoms with Crippen molar-refractivity contribution >= 4 is 28.1 Å². The first kappa shape index (κ1) is 16.7. The SMILES string of the molecule is O=C(Nc1ccc(Oc2cc(-n3ccnc3)ncn2)cc1)Nc1cccs1. The number of aromatic nitrogens is 4. The van der Waals surface area contributed by atoms with Gasteiger partial charge in [0.05, 0.1) is 5.00 Å². The van der Waals surface area contributed by atoms with Crippen molar-refractivity contribution in [3.05, 3.63) is 72.9 Å². The number of nitrogens with one attached hydrogen (secondary N) is 2. The zero-order chi connectivity index (χ0) is 18.5. The minimum absolute atomic E-state index is 0.299. The Morgan fingerprint density at radius 3 is 2.74 bits per heavy atom. The molecule has 3 heterocycles. The Kier molecular flexibility index (Phi) is 4.75. The lowest BCUT2D eigenvalue weighted by Crippen LogP contribution is -2.18. The molecule has 0 radical (unpaired) electrons. The maximum Gasteiger partial charge on any atom is 0.324 e. The number of rotatable bonds is 5. The summed E-state index contributed by atoms with van der Waals surface area (Å²) in [6.45, 7) is 0. The first-order valence-electron chi connectivity index (χ1n) is 7.96. The molecular weight excluding hydrogens is 364 g/mol. The molecule has 0 atom stereocenters. The van der Waals surface area contributed by atoms with E-state index in [0.29, 0.717) is 23.1 Å². The molecule has 27 heavy (non-hydrogen) atoms. The fraction of sp³-hybridized carbons (Fsp3) is 0. The number of thiophene rings is 1. The first-order chi connectivity index (χ1) is 13.3. The number of carbonyl (C=O) groups is 1. The van der Waals surface area contributed by atoms with Crippen LogP contribution in [0.4, 0.5) is 15.5 Å². The summed E-state index contributed by atoms with van der Waals surface area (Å²) in [5.74, 6) is 1.65. The molecule has 0 saturated carbocycles. The zero-order valence-corrected chi connectivity index (χ0v) is 14.8. The van der Waals surface area contributed by atoms with E-state index in [9.17, 15) is 4.79 Å². The first-order valence-corrected chi connectivity index (χ1v) is 8.84.